The van der Waals surface area contributed by atoms with Crippen LogP contribution >= 0.6 is 0 Å². The van der Waals surface area contributed by atoms with Crippen LogP contribution in [0.1, 0.15) is 0 Å². The highest BCUT2D eigenvalue weighted by Crippen LogP contribution is 2.19. The summed E-state index contributed by atoms with van der Waals surface area (Å²) in [7, 11) is -3.90. The van der Waals surface area contributed by atoms with E-state index >= 15 is 0 Å². The van der Waals surface area contributed by atoms with Crippen LogP contribution in [-0.2, 0) is 14.8 Å². The van der Waals surface area contributed by atoms with E-state index in [1.165, 1.54) is 18.2 Å². The Balaban J connectivity index is 1.68. The average molecular weight is 376 g/mol. The van der Waals surface area contributed by atoms with Gasteiger partial charge in [-0.25, -0.2) is 21.9 Å². The topological polar surface area (TPSA) is 75.3 Å². The van der Waals surface area contributed by atoms with Gasteiger partial charge in [0, 0.05) is 11.8 Å². The Bertz CT molecular complexity index is 1080. The molecule has 0 atom stereocenters. The van der Waals surface area contributed by atoms with Crippen LogP contribution in [0.2, 0.25) is 0 Å². The van der Waals surface area contributed by atoms with E-state index in [0.717, 1.165) is 22.9 Å². The lowest BCUT2D eigenvalue weighted by Gasteiger charge is -2.09. The van der Waals surface area contributed by atoms with Gasteiger partial charge in [0.25, 0.3) is 0 Å². The standard InChI is InChI=1S/C18H14F2N2O3S/c19-16-8-6-14(10-17(16)20)22-18(23)11-21-26(24,25)15-7-5-12-3-1-2-4-13(12)9-15/h1-10,21H,11H2,(H,22,23). The van der Waals surface area contributed by atoms with Gasteiger partial charge in [0.15, 0.2) is 11.6 Å². The molecular formula is C18H14F2N2O3S. The monoisotopic (exact) mass is 376 g/mol. The molecule has 3 rings (SSSR count). The maximum absolute atomic E-state index is 13.1. The summed E-state index contributed by atoms with van der Waals surface area (Å²) in [6, 6.07) is 14.7. The Morgan fingerprint density at radius 2 is 1.62 bits per heavy atom. The lowest BCUT2D eigenvalue weighted by Crippen LogP contribution is -2.32. The summed E-state index contributed by atoms with van der Waals surface area (Å²) in [5.41, 5.74) is 0.0267. The smallest absolute Gasteiger partial charge is 0.241 e. The number of nitrogens with one attached hydrogen (secondary N) is 2. The molecule has 1 amide bonds. The maximum atomic E-state index is 13.1. The van der Waals surface area contributed by atoms with Gasteiger partial charge >= 0.3 is 0 Å². The van der Waals surface area contributed by atoms with Gasteiger partial charge in [0.05, 0.1) is 11.4 Å². The van der Waals surface area contributed by atoms with Crippen LogP contribution in [0.25, 0.3) is 10.8 Å². The second-order valence-electron chi connectivity index (χ2n) is 5.51. The molecule has 0 saturated carbocycles. The predicted octanol–water partition coefficient (Wildman–Crippen LogP) is 3.04. The van der Waals surface area contributed by atoms with Crippen LogP contribution in [0.3, 0.4) is 0 Å². The zero-order chi connectivity index (χ0) is 18.7. The molecule has 0 radical (unpaired) electrons. The fraction of sp³-hybridized carbons (Fsp3) is 0.0556. The number of benzene rings is 3. The summed E-state index contributed by atoms with van der Waals surface area (Å²) in [6.07, 6.45) is 0. The lowest BCUT2D eigenvalue weighted by molar-refractivity contribution is -0.115. The van der Waals surface area contributed by atoms with Gasteiger partial charge in [0.1, 0.15) is 0 Å². The maximum Gasteiger partial charge on any atom is 0.241 e. The van der Waals surface area contributed by atoms with Gasteiger partial charge in [0.2, 0.25) is 15.9 Å². The molecule has 2 N–H and O–H groups in total. The third-order valence-corrected chi connectivity index (χ3v) is 5.06. The highest BCUT2D eigenvalue weighted by molar-refractivity contribution is 7.89. The van der Waals surface area contributed by atoms with E-state index in [1.54, 1.807) is 18.2 Å². The molecule has 3 aromatic carbocycles. The molecule has 5 nitrogen and oxygen atoms in total. The fourth-order valence-electron chi connectivity index (χ4n) is 2.36. The number of hydrogen-bond donors (Lipinski definition) is 2. The van der Waals surface area contributed by atoms with Crippen LogP contribution < -0.4 is 10.0 Å². The molecule has 26 heavy (non-hydrogen) atoms. The van der Waals surface area contributed by atoms with E-state index in [1.807, 2.05) is 12.1 Å². The van der Waals surface area contributed by atoms with Crippen molar-refractivity contribution >= 4 is 32.4 Å². The Morgan fingerprint density at radius 1 is 0.885 bits per heavy atom. The molecule has 0 aromatic heterocycles. The number of amides is 1. The Kier molecular flexibility index (Phi) is 4.97. The highest BCUT2D eigenvalue weighted by Gasteiger charge is 2.16. The second kappa shape index (κ2) is 7.19. The van der Waals surface area contributed by atoms with Crippen LogP contribution in [0.15, 0.2) is 65.6 Å². The van der Waals surface area contributed by atoms with E-state index < -0.39 is 34.1 Å². The van der Waals surface area contributed by atoms with Crippen molar-refractivity contribution in [3.63, 3.8) is 0 Å². The van der Waals surface area contributed by atoms with Gasteiger partial charge in [-0.1, -0.05) is 30.3 Å². The van der Waals surface area contributed by atoms with Crippen LogP contribution in [-0.4, -0.2) is 20.9 Å². The number of anilines is 1. The molecule has 8 heteroatoms. The summed E-state index contributed by atoms with van der Waals surface area (Å²) in [4.78, 5) is 11.9. The number of carbonyl (C=O) groups excluding carboxylic acids is 1. The van der Waals surface area contributed by atoms with Crippen LogP contribution in [0.4, 0.5) is 14.5 Å². The molecule has 0 heterocycles. The molecule has 0 aliphatic carbocycles. The van der Waals surface area contributed by atoms with Crippen molar-refractivity contribution in [3.8, 4) is 0 Å². The first-order chi connectivity index (χ1) is 12.3. The zero-order valence-corrected chi connectivity index (χ0v) is 14.2. The van der Waals surface area contributed by atoms with E-state index in [0.29, 0.717) is 0 Å². The van der Waals surface area contributed by atoms with Crippen molar-refractivity contribution in [2.24, 2.45) is 0 Å². The molecule has 0 unspecified atom stereocenters. The molecule has 0 aliphatic rings. The number of hydrogen-bond acceptors (Lipinski definition) is 3. The van der Waals surface area contributed by atoms with Gasteiger partial charge in [-0.05, 0) is 35.0 Å². The predicted molar refractivity (Wildman–Crippen MR) is 94.1 cm³/mol. The first-order valence-corrected chi connectivity index (χ1v) is 9.07. The van der Waals surface area contributed by atoms with Crippen LogP contribution in [0.5, 0.6) is 0 Å². The summed E-state index contributed by atoms with van der Waals surface area (Å²) in [6.45, 7) is -0.547. The molecule has 0 spiro atoms. The van der Waals surface area contributed by atoms with E-state index in [4.69, 9.17) is 0 Å². The SMILES string of the molecule is O=C(CNS(=O)(=O)c1ccc2ccccc2c1)Nc1ccc(F)c(F)c1. The number of rotatable bonds is 5. The Hall–Kier alpha value is -2.84. The van der Waals surface area contributed by atoms with Crippen molar-refractivity contribution in [3.05, 3.63) is 72.3 Å². The normalized spacial score (nSPS) is 11.5. The molecule has 3 aromatic rings. The van der Waals surface area contributed by atoms with Gasteiger partial charge in [-0.2, -0.15) is 0 Å². The Labute approximate surface area is 148 Å². The summed E-state index contributed by atoms with van der Waals surface area (Å²) in [5, 5.41) is 3.93. The Morgan fingerprint density at radius 3 is 2.35 bits per heavy atom. The first kappa shape index (κ1) is 18.0. The van der Waals surface area contributed by atoms with Gasteiger partial charge < -0.3 is 5.32 Å². The zero-order valence-electron chi connectivity index (χ0n) is 13.4. The molecule has 0 aliphatic heterocycles. The van der Waals surface area contributed by atoms with E-state index in [-0.39, 0.29) is 10.6 Å². The largest absolute Gasteiger partial charge is 0.325 e. The third kappa shape index (κ3) is 4.04. The molecule has 134 valence electrons. The average Bonchev–Trinajstić information content (AvgIpc) is 2.63. The molecular weight excluding hydrogens is 362 g/mol. The fourth-order valence-corrected chi connectivity index (χ4v) is 3.37. The van der Waals surface area contributed by atoms with Crippen molar-refractivity contribution in [2.75, 3.05) is 11.9 Å². The number of halogens is 2. The number of carbonyl (C=O) groups is 1. The second-order valence-corrected chi connectivity index (χ2v) is 7.28. The minimum atomic E-state index is -3.90. The summed E-state index contributed by atoms with van der Waals surface area (Å²) < 4.78 is 52.8. The number of fused-ring (bicyclic) bond motifs is 1. The van der Waals surface area contributed by atoms with Crippen molar-refractivity contribution in [2.45, 2.75) is 4.90 Å². The molecule has 0 saturated heterocycles. The summed E-state index contributed by atoms with van der Waals surface area (Å²) in [5.74, 6) is -2.86. The quantitative estimate of drug-likeness (QED) is 0.719. The minimum Gasteiger partial charge on any atom is -0.325 e. The van der Waals surface area contributed by atoms with Crippen LogP contribution in [0, 0.1) is 11.6 Å². The lowest BCUT2D eigenvalue weighted by atomic mass is 10.1. The molecule has 0 fully saturated rings. The highest BCUT2D eigenvalue weighted by atomic mass is 32.2. The van der Waals surface area contributed by atoms with Gasteiger partial charge in [-0.3, -0.25) is 4.79 Å². The van der Waals surface area contributed by atoms with E-state index in [2.05, 4.69) is 10.0 Å². The first-order valence-electron chi connectivity index (χ1n) is 7.58. The van der Waals surface area contributed by atoms with Crippen molar-refractivity contribution < 1.29 is 22.0 Å². The summed E-state index contributed by atoms with van der Waals surface area (Å²) >= 11 is 0. The third-order valence-electron chi connectivity index (χ3n) is 3.66. The van der Waals surface area contributed by atoms with Gasteiger partial charge in [-0.15, -0.1) is 0 Å². The number of sulfonamides is 1. The van der Waals surface area contributed by atoms with Crippen molar-refractivity contribution in [1.29, 1.82) is 0 Å². The molecule has 0 bridgehead atoms. The van der Waals surface area contributed by atoms with Crippen molar-refractivity contribution in [1.82, 2.24) is 4.72 Å². The minimum absolute atomic E-state index is 0.0248. The van der Waals surface area contributed by atoms with E-state index in [9.17, 15) is 22.0 Å².